The van der Waals surface area contributed by atoms with Gasteiger partial charge in [0.2, 0.25) is 0 Å². The van der Waals surface area contributed by atoms with Crippen LogP contribution in [-0.2, 0) is 13.1 Å². The summed E-state index contributed by atoms with van der Waals surface area (Å²) in [6, 6.07) is 0. The lowest BCUT2D eigenvalue weighted by Gasteiger charge is -2.24. The Bertz CT molecular complexity index is 251. The molecule has 66 valence electrons. The van der Waals surface area contributed by atoms with Crippen LogP contribution in [0.3, 0.4) is 0 Å². The number of aromatic nitrogens is 3. The van der Waals surface area contributed by atoms with Gasteiger partial charge < -0.3 is 5.73 Å². The molecule has 2 rings (SSSR count). The Morgan fingerprint density at radius 2 is 2.42 bits per heavy atom. The Morgan fingerprint density at radius 3 is 2.92 bits per heavy atom. The second kappa shape index (κ2) is 3.23. The second-order valence-electron chi connectivity index (χ2n) is 3.38. The minimum absolute atomic E-state index is 0.442. The summed E-state index contributed by atoms with van der Waals surface area (Å²) in [5.74, 6) is 1.58. The molecule has 0 aromatic carbocycles. The zero-order chi connectivity index (χ0) is 8.39. The smallest absolute Gasteiger partial charge is 0.164 e. The fourth-order valence-corrected chi connectivity index (χ4v) is 1.45. The molecule has 0 bridgehead atoms. The van der Waals surface area contributed by atoms with Gasteiger partial charge in [0.25, 0.3) is 0 Å². The minimum Gasteiger partial charge on any atom is -0.324 e. The van der Waals surface area contributed by atoms with Gasteiger partial charge in [0, 0.05) is 6.54 Å². The summed E-state index contributed by atoms with van der Waals surface area (Å²) in [6.07, 6.45) is 5.85. The summed E-state index contributed by atoms with van der Waals surface area (Å²) >= 11 is 0. The summed E-state index contributed by atoms with van der Waals surface area (Å²) in [4.78, 5) is 4.07. The highest BCUT2D eigenvalue weighted by Gasteiger charge is 2.18. The van der Waals surface area contributed by atoms with Gasteiger partial charge in [-0.25, -0.2) is 4.98 Å². The Labute approximate surface area is 71.8 Å². The van der Waals surface area contributed by atoms with Crippen molar-refractivity contribution in [2.24, 2.45) is 11.7 Å². The average molecular weight is 166 g/mol. The van der Waals surface area contributed by atoms with E-state index in [0.717, 1.165) is 18.3 Å². The molecule has 0 spiro atoms. The maximum Gasteiger partial charge on any atom is 0.164 e. The first-order valence-electron chi connectivity index (χ1n) is 4.47. The van der Waals surface area contributed by atoms with Crippen molar-refractivity contribution in [2.45, 2.75) is 32.4 Å². The molecule has 2 N–H and O–H groups in total. The largest absolute Gasteiger partial charge is 0.324 e. The van der Waals surface area contributed by atoms with E-state index in [1.807, 2.05) is 4.68 Å². The minimum atomic E-state index is 0.442. The molecule has 0 radical (unpaired) electrons. The molecule has 0 unspecified atom stereocenters. The van der Waals surface area contributed by atoms with Crippen molar-refractivity contribution in [1.82, 2.24) is 14.8 Å². The van der Waals surface area contributed by atoms with Crippen molar-refractivity contribution >= 4 is 0 Å². The van der Waals surface area contributed by atoms with E-state index in [2.05, 4.69) is 10.1 Å². The van der Waals surface area contributed by atoms with Gasteiger partial charge in [0.1, 0.15) is 6.33 Å². The van der Waals surface area contributed by atoms with Crippen molar-refractivity contribution in [3.05, 3.63) is 12.2 Å². The van der Waals surface area contributed by atoms with Crippen LogP contribution in [0.25, 0.3) is 0 Å². The molecule has 1 saturated carbocycles. The van der Waals surface area contributed by atoms with Crippen molar-refractivity contribution in [1.29, 1.82) is 0 Å². The van der Waals surface area contributed by atoms with Crippen LogP contribution in [0.1, 0.15) is 25.1 Å². The van der Waals surface area contributed by atoms with E-state index >= 15 is 0 Å². The number of rotatable bonds is 3. The van der Waals surface area contributed by atoms with Crippen molar-refractivity contribution in [2.75, 3.05) is 0 Å². The van der Waals surface area contributed by atoms with Gasteiger partial charge in [-0.15, -0.1) is 0 Å². The first-order valence-corrected chi connectivity index (χ1v) is 4.47. The topological polar surface area (TPSA) is 56.7 Å². The van der Waals surface area contributed by atoms with Gasteiger partial charge in [-0.2, -0.15) is 5.10 Å². The van der Waals surface area contributed by atoms with Gasteiger partial charge >= 0.3 is 0 Å². The SMILES string of the molecule is NCc1ncn(CC2CCC2)n1. The third kappa shape index (κ3) is 1.48. The third-order valence-corrected chi connectivity index (χ3v) is 2.44. The van der Waals surface area contributed by atoms with Crippen LogP contribution in [0.15, 0.2) is 6.33 Å². The molecule has 1 aromatic rings. The molecular weight excluding hydrogens is 152 g/mol. The van der Waals surface area contributed by atoms with E-state index in [0.29, 0.717) is 6.54 Å². The zero-order valence-corrected chi connectivity index (χ0v) is 7.11. The monoisotopic (exact) mass is 166 g/mol. The molecule has 1 aliphatic rings. The predicted molar refractivity (Wildman–Crippen MR) is 45.3 cm³/mol. The summed E-state index contributed by atoms with van der Waals surface area (Å²) in [5, 5.41) is 4.23. The lowest BCUT2D eigenvalue weighted by atomic mass is 9.86. The average Bonchev–Trinajstić information content (AvgIpc) is 2.44. The summed E-state index contributed by atoms with van der Waals surface area (Å²) in [6.45, 7) is 1.46. The molecule has 1 aliphatic carbocycles. The maximum absolute atomic E-state index is 5.40. The summed E-state index contributed by atoms with van der Waals surface area (Å²) in [7, 11) is 0. The quantitative estimate of drug-likeness (QED) is 0.713. The molecule has 1 aromatic heterocycles. The number of nitrogens with zero attached hydrogens (tertiary/aromatic N) is 3. The van der Waals surface area contributed by atoms with Gasteiger partial charge in [-0.3, -0.25) is 4.68 Å². The van der Waals surface area contributed by atoms with Gasteiger partial charge in [0.15, 0.2) is 5.82 Å². The first kappa shape index (κ1) is 7.73. The Kier molecular flexibility index (Phi) is 2.08. The van der Waals surface area contributed by atoms with E-state index in [1.165, 1.54) is 19.3 Å². The maximum atomic E-state index is 5.40. The number of hydrogen-bond acceptors (Lipinski definition) is 3. The molecule has 0 saturated heterocycles. The van der Waals surface area contributed by atoms with E-state index < -0.39 is 0 Å². The van der Waals surface area contributed by atoms with Crippen molar-refractivity contribution in [3.63, 3.8) is 0 Å². The van der Waals surface area contributed by atoms with Gasteiger partial charge in [0.05, 0.1) is 6.54 Å². The molecule has 4 nitrogen and oxygen atoms in total. The van der Waals surface area contributed by atoms with Crippen LogP contribution in [0, 0.1) is 5.92 Å². The predicted octanol–water partition coefficient (Wildman–Crippen LogP) is 0.537. The fourth-order valence-electron chi connectivity index (χ4n) is 1.45. The highest BCUT2D eigenvalue weighted by Crippen LogP contribution is 2.27. The van der Waals surface area contributed by atoms with Crippen LogP contribution in [0.4, 0.5) is 0 Å². The molecular formula is C8H14N4. The molecule has 4 heteroatoms. The summed E-state index contributed by atoms with van der Waals surface area (Å²) in [5.41, 5.74) is 5.40. The van der Waals surface area contributed by atoms with Gasteiger partial charge in [-0.1, -0.05) is 6.42 Å². The van der Waals surface area contributed by atoms with E-state index in [9.17, 15) is 0 Å². The zero-order valence-electron chi connectivity index (χ0n) is 7.11. The first-order chi connectivity index (χ1) is 5.88. The molecule has 1 fully saturated rings. The summed E-state index contributed by atoms with van der Waals surface area (Å²) < 4.78 is 1.91. The highest BCUT2D eigenvalue weighted by atomic mass is 15.3. The number of nitrogens with two attached hydrogens (primary N) is 1. The van der Waals surface area contributed by atoms with Crippen molar-refractivity contribution < 1.29 is 0 Å². The van der Waals surface area contributed by atoms with E-state index in [1.54, 1.807) is 6.33 Å². The fraction of sp³-hybridized carbons (Fsp3) is 0.750. The molecule has 0 atom stereocenters. The third-order valence-electron chi connectivity index (χ3n) is 2.44. The Morgan fingerprint density at radius 1 is 1.58 bits per heavy atom. The van der Waals surface area contributed by atoms with Crippen LogP contribution in [-0.4, -0.2) is 14.8 Å². The molecule has 0 amide bonds. The van der Waals surface area contributed by atoms with E-state index in [-0.39, 0.29) is 0 Å². The molecule has 12 heavy (non-hydrogen) atoms. The molecule has 1 heterocycles. The van der Waals surface area contributed by atoms with Crippen LogP contribution < -0.4 is 5.73 Å². The van der Waals surface area contributed by atoms with Crippen LogP contribution in [0.5, 0.6) is 0 Å². The lowest BCUT2D eigenvalue weighted by molar-refractivity contribution is 0.266. The normalized spacial score (nSPS) is 17.8. The Hall–Kier alpha value is -0.900. The number of hydrogen-bond donors (Lipinski definition) is 1. The molecule has 0 aliphatic heterocycles. The van der Waals surface area contributed by atoms with Crippen LogP contribution >= 0.6 is 0 Å². The van der Waals surface area contributed by atoms with Crippen LogP contribution in [0.2, 0.25) is 0 Å². The van der Waals surface area contributed by atoms with Crippen molar-refractivity contribution in [3.8, 4) is 0 Å². The Balaban J connectivity index is 1.93. The second-order valence-corrected chi connectivity index (χ2v) is 3.38. The van der Waals surface area contributed by atoms with Gasteiger partial charge in [-0.05, 0) is 18.8 Å². The lowest BCUT2D eigenvalue weighted by Crippen LogP contribution is -2.18. The highest BCUT2D eigenvalue weighted by molar-refractivity contribution is 4.80. The standard InChI is InChI=1S/C8H14N4/c9-4-8-10-6-12(11-8)5-7-2-1-3-7/h6-7H,1-5,9H2. The van der Waals surface area contributed by atoms with E-state index in [4.69, 9.17) is 5.73 Å².